The van der Waals surface area contributed by atoms with Gasteiger partial charge in [-0.05, 0) is 49.8 Å². The second-order valence-corrected chi connectivity index (χ2v) is 5.23. The Morgan fingerprint density at radius 1 is 1.42 bits per heavy atom. The first-order chi connectivity index (χ1) is 9.10. The molecule has 1 aromatic carbocycles. The van der Waals surface area contributed by atoms with Crippen molar-refractivity contribution in [2.24, 2.45) is 5.41 Å². The van der Waals surface area contributed by atoms with Gasteiger partial charge in [0.15, 0.2) is 0 Å². The smallest absolute Gasteiger partial charge is 0.340 e. The van der Waals surface area contributed by atoms with Gasteiger partial charge in [0.25, 0.3) is 0 Å². The Hall–Kier alpha value is -1.71. The third-order valence-corrected chi connectivity index (χ3v) is 3.90. The molecular formula is C15H22N2O2. The second-order valence-electron chi connectivity index (χ2n) is 5.23. The Balaban J connectivity index is 2.12. The lowest BCUT2D eigenvalue weighted by Gasteiger charge is -2.17. The van der Waals surface area contributed by atoms with Gasteiger partial charge in [-0.3, -0.25) is 0 Å². The highest BCUT2D eigenvalue weighted by molar-refractivity contribution is 5.96. The average Bonchev–Trinajstić information content (AvgIpc) is 3.18. The zero-order valence-electron chi connectivity index (χ0n) is 11.7. The normalized spacial score (nSPS) is 15.9. The van der Waals surface area contributed by atoms with E-state index in [9.17, 15) is 4.79 Å². The third-order valence-electron chi connectivity index (χ3n) is 3.90. The van der Waals surface area contributed by atoms with Crippen LogP contribution in [0.2, 0.25) is 0 Å². The quantitative estimate of drug-likeness (QED) is 0.611. The van der Waals surface area contributed by atoms with Gasteiger partial charge in [-0.1, -0.05) is 6.92 Å². The Kier molecular flexibility index (Phi) is 3.98. The Bertz CT molecular complexity index is 467. The molecule has 2 rings (SSSR count). The Morgan fingerprint density at radius 2 is 2.16 bits per heavy atom. The summed E-state index contributed by atoms with van der Waals surface area (Å²) in [5, 5.41) is 3.38. The number of rotatable bonds is 6. The molecule has 0 heterocycles. The summed E-state index contributed by atoms with van der Waals surface area (Å²) in [5.74, 6) is -0.321. The first-order valence-electron chi connectivity index (χ1n) is 6.91. The van der Waals surface area contributed by atoms with Crippen LogP contribution in [0.1, 0.15) is 43.5 Å². The second kappa shape index (κ2) is 5.51. The number of benzene rings is 1. The molecular weight excluding hydrogens is 240 g/mol. The molecule has 0 amide bonds. The number of hydrogen-bond donors (Lipinski definition) is 2. The van der Waals surface area contributed by atoms with Crippen LogP contribution in [0.15, 0.2) is 18.2 Å². The Morgan fingerprint density at radius 3 is 2.74 bits per heavy atom. The molecule has 1 aliphatic carbocycles. The number of esters is 1. The zero-order valence-corrected chi connectivity index (χ0v) is 11.7. The summed E-state index contributed by atoms with van der Waals surface area (Å²) < 4.78 is 5.06. The predicted octanol–water partition coefficient (Wildman–Crippen LogP) is 3.05. The van der Waals surface area contributed by atoms with Gasteiger partial charge in [-0.25, -0.2) is 4.79 Å². The summed E-state index contributed by atoms with van der Waals surface area (Å²) in [6.07, 6.45) is 3.70. The number of nitrogens with two attached hydrogens (primary N) is 1. The lowest BCUT2D eigenvalue weighted by molar-refractivity contribution is 0.0527. The van der Waals surface area contributed by atoms with Crippen molar-refractivity contribution in [3.8, 4) is 0 Å². The van der Waals surface area contributed by atoms with E-state index in [1.807, 2.05) is 6.07 Å². The number of ether oxygens (including phenoxy) is 1. The number of anilines is 2. The highest BCUT2D eigenvalue weighted by Crippen LogP contribution is 2.48. The van der Waals surface area contributed by atoms with Gasteiger partial charge < -0.3 is 15.8 Å². The summed E-state index contributed by atoms with van der Waals surface area (Å²) in [5.41, 5.74) is 8.08. The van der Waals surface area contributed by atoms with Crippen LogP contribution in [-0.4, -0.2) is 19.1 Å². The molecule has 104 valence electrons. The van der Waals surface area contributed by atoms with Gasteiger partial charge in [0.1, 0.15) is 0 Å². The average molecular weight is 262 g/mol. The molecule has 0 bridgehead atoms. The lowest BCUT2D eigenvalue weighted by atomic mass is 10.0. The van der Waals surface area contributed by atoms with E-state index < -0.39 is 0 Å². The molecule has 0 aliphatic heterocycles. The molecule has 1 fully saturated rings. The van der Waals surface area contributed by atoms with E-state index in [4.69, 9.17) is 10.5 Å². The molecule has 0 saturated heterocycles. The molecule has 4 nitrogen and oxygen atoms in total. The fourth-order valence-electron chi connectivity index (χ4n) is 2.21. The Labute approximate surface area is 114 Å². The van der Waals surface area contributed by atoms with Crippen molar-refractivity contribution >= 4 is 17.3 Å². The third kappa shape index (κ3) is 3.19. The van der Waals surface area contributed by atoms with Crippen molar-refractivity contribution in [1.82, 2.24) is 0 Å². The summed E-state index contributed by atoms with van der Waals surface area (Å²) in [6.45, 7) is 5.28. The molecule has 0 spiro atoms. The van der Waals surface area contributed by atoms with Gasteiger partial charge in [0.05, 0.1) is 12.2 Å². The van der Waals surface area contributed by atoms with Gasteiger partial charge in [0.2, 0.25) is 0 Å². The lowest BCUT2D eigenvalue weighted by Crippen LogP contribution is -2.17. The monoisotopic (exact) mass is 262 g/mol. The van der Waals surface area contributed by atoms with Crippen LogP contribution in [-0.2, 0) is 4.74 Å². The fourth-order valence-corrected chi connectivity index (χ4v) is 2.21. The SMILES string of the molecule is CCOC(=O)c1cc(N)ccc1NCC1(CC)CC1. The first kappa shape index (κ1) is 13.7. The minimum atomic E-state index is -0.321. The predicted molar refractivity (Wildman–Crippen MR) is 77.3 cm³/mol. The van der Waals surface area contributed by atoms with Gasteiger partial charge >= 0.3 is 5.97 Å². The minimum Gasteiger partial charge on any atom is -0.462 e. The summed E-state index contributed by atoms with van der Waals surface area (Å²) in [7, 11) is 0. The van der Waals surface area contributed by atoms with Crippen LogP contribution in [0.4, 0.5) is 11.4 Å². The molecule has 0 unspecified atom stereocenters. The van der Waals surface area contributed by atoms with Crippen molar-refractivity contribution < 1.29 is 9.53 Å². The maximum atomic E-state index is 11.9. The largest absolute Gasteiger partial charge is 0.462 e. The van der Waals surface area contributed by atoms with Crippen molar-refractivity contribution in [3.63, 3.8) is 0 Å². The van der Waals surface area contributed by atoms with Gasteiger partial charge in [-0.15, -0.1) is 0 Å². The minimum absolute atomic E-state index is 0.321. The van der Waals surface area contributed by atoms with Crippen LogP contribution >= 0.6 is 0 Å². The molecule has 1 saturated carbocycles. The van der Waals surface area contributed by atoms with Crippen molar-refractivity contribution in [3.05, 3.63) is 23.8 Å². The first-order valence-corrected chi connectivity index (χ1v) is 6.91. The van der Waals surface area contributed by atoms with E-state index in [2.05, 4.69) is 12.2 Å². The molecule has 1 aromatic rings. The van der Waals surface area contributed by atoms with E-state index in [1.165, 1.54) is 19.3 Å². The van der Waals surface area contributed by atoms with Crippen LogP contribution in [0, 0.1) is 5.41 Å². The highest BCUT2D eigenvalue weighted by atomic mass is 16.5. The van der Waals surface area contributed by atoms with Gasteiger partial charge in [-0.2, -0.15) is 0 Å². The number of carbonyl (C=O) groups excluding carboxylic acids is 1. The van der Waals surface area contributed by atoms with E-state index in [0.29, 0.717) is 23.3 Å². The molecule has 1 aliphatic rings. The van der Waals surface area contributed by atoms with Crippen LogP contribution in [0.3, 0.4) is 0 Å². The van der Waals surface area contributed by atoms with Crippen LogP contribution < -0.4 is 11.1 Å². The number of nitrogen functional groups attached to an aromatic ring is 1. The topological polar surface area (TPSA) is 64.3 Å². The summed E-state index contributed by atoms with van der Waals surface area (Å²) >= 11 is 0. The van der Waals surface area contributed by atoms with E-state index in [0.717, 1.165) is 12.2 Å². The zero-order chi connectivity index (χ0) is 13.9. The fraction of sp³-hybridized carbons (Fsp3) is 0.533. The van der Waals surface area contributed by atoms with Crippen LogP contribution in [0.25, 0.3) is 0 Å². The highest BCUT2D eigenvalue weighted by Gasteiger charge is 2.40. The number of hydrogen-bond acceptors (Lipinski definition) is 4. The molecule has 0 aromatic heterocycles. The van der Waals surface area contributed by atoms with E-state index in [1.54, 1.807) is 19.1 Å². The standard InChI is InChI=1S/C15H22N2O2/c1-3-15(7-8-15)10-17-13-6-5-11(16)9-12(13)14(18)19-4-2/h5-6,9,17H,3-4,7-8,10,16H2,1-2H3. The molecule has 0 atom stereocenters. The summed E-state index contributed by atoms with van der Waals surface area (Å²) in [4.78, 5) is 11.9. The molecule has 0 radical (unpaired) electrons. The van der Waals surface area contributed by atoms with E-state index >= 15 is 0 Å². The van der Waals surface area contributed by atoms with Crippen molar-refractivity contribution in [1.29, 1.82) is 0 Å². The van der Waals surface area contributed by atoms with Crippen molar-refractivity contribution in [2.75, 3.05) is 24.2 Å². The molecule has 4 heteroatoms. The van der Waals surface area contributed by atoms with Crippen LogP contribution in [0.5, 0.6) is 0 Å². The molecule has 19 heavy (non-hydrogen) atoms. The van der Waals surface area contributed by atoms with E-state index in [-0.39, 0.29) is 5.97 Å². The maximum absolute atomic E-state index is 11.9. The summed E-state index contributed by atoms with van der Waals surface area (Å²) in [6, 6.07) is 5.33. The number of nitrogens with one attached hydrogen (secondary N) is 1. The van der Waals surface area contributed by atoms with Gasteiger partial charge in [0, 0.05) is 17.9 Å². The number of carbonyl (C=O) groups is 1. The maximum Gasteiger partial charge on any atom is 0.340 e. The van der Waals surface area contributed by atoms with Crippen molar-refractivity contribution in [2.45, 2.75) is 33.1 Å². The molecule has 3 N–H and O–H groups in total.